The van der Waals surface area contributed by atoms with Crippen LogP contribution in [0.15, 0.2) is 30.5 Å². The van der Waals surface area contributed by atoms with Gasteiger partial charge >= 0.3 is 0 Å². The number of hydrogen-bond donors (Lipinski definition) is 0. The number of rotatable bonds is 2. The molecular formula is C17H20ClNO. The lowest BCUT2D eigenvalue weighted by Crippen LogP contribution is -2.12. The van der Waals surface area contributed by atoms with Gasteiger partial charge in [0.05, 0.1) is 0 Å². The Labute approximate surface area is 125 Å². The smallest absolute Gasteiger partial charge is 0.134 e. The highest BCUT2D eigenvalue weighted by molar-refractivity contribution is 6.29. The SMILES string of the molecule is Cc1ccc(C(C)(C)C)c(Oc2cc(Cl)ncc2C)c1. The third-order valence-electron chi connectivity index (χ3n) is 3.19. The van der Waals surface area contributed by atoms with Gasteiger partial charge in [0, 0.05) is 23.4 Å². The summed E-state index contributed by atoms with van der Waals surface area (Å²) >= 11 is 5.95. The van der Waals surface area contributed by atoms with E-state index in [-0.39, 0.29) is 5.41 Å². The van der Waals surface area contributed by atoms with Crippen LogP contribution in [-0.4, -0.2) is 4.98 Å². The molecule has 0 radical (unpaired) electrons. The van der Waals surface area contributed by atoms with Crippen molar-refractivity contribution in [2.75, 3.05) is 0 Å². The number of pyridine rings is 1. The maximum atomic E-state index is 6.10. The third-order valence-corrected chi connectivity index (χ3v) is 3.39. The van der Waals surface area contributed by atoms with E-state index in [0.717, 1.165) is 17.1 Å². The first-order valence-electron chi connectivity index (χ1n) is 6.68. The van der Waals surface area contributed by atoms with E-state index in [1.54, 1.807) is 12.3 Å². The van der Waals surface area contributed by atoms with Crippen LogP contribution in [0.3, 0.4) is 0 Å². The van der Waals surface area contributed by atoms with Crippen LogP contribution in [-0.2, 0) is 5.41 Å². The van der Waals surface area contributed by atoms with Crippen molar-refractivity contribution in [2.45, 2.75) is 40.0 Å². The zero-order chi connectivity index (χ0) is 14.9. The van der Waals surface area contributed by atoms with Crippen molar-refractivity contribution in [3.8, 4) is 11.5 Å². The summed E-state index contributed by atoms with van der Waals surface area (Å²) < 4.78 is 6.10. The van der Waals surface area contributed by atoms with Crippen molar-refractivity contribution >= 4 is 11.6 Å². The number of halogens is 1. The minimum absolute atomic E-state index is 0.0216. The Morgan fingerprint density at radius 1 is 1.05 bits per heavy atom. The standard InChI is InChI=1S/C17H20ClNO/c1-11-6-7-13(17(3,4)5)15(8-11)20-14-9-16(18)19-10-12(14)2/h6-10H,1-5H3. The predicted octanol–water partition coefficient (Wildman–Crippen LogP) is 5.44. The van der Waals surface area contributed by atoms with E-state index in [1.807, 2.05) is 6.92 Å². The van der Waals surface area contributed by atoms with E-state index in [0.29, 0.717) is 5.15 Å². The molecule has 0 aliphatic rings. The number of nitrogens with zero attached hydrogens (tertiary/aromatic N) is 1. The van der Waals surface area contributed by atoms with Gasteiger partial charge in [-0.15, -0.1) is 0 Å². The molecule has 0 N–H and O–H groups in total. The van der Waals surface area contributed by atoms with Gasteiger partial charge in [0.1, 0.15) is 16.7 Å². The van der Waals surface area contributed by atoms with Crippen molar-refractivity contribution in [1.29, 1.82) is 0 Å². The molecule has 0 amide bonds. The zero-order valence-corrected chi connectivity index (χ0v) is 13.4. The lowest BCUT2D eigenvalue weighted by atomic mass is 9.86. The number of aryl methyl sites for hydroxylation is 2. The van der Waals surface area contributed by atoms with Gasteiger partial charge in [-0.2, -0.15) is 0 Å². The molecule has 1 aromatic carbocycles. The normalized spacial score (nSPS) is 11.5. The Balaban J connectivity index is 2.47. The van der Waals surface area contributed by atoms with Crippen LogP contribution in [0, 0.1) is 13.8 Å². The molecule has 20 heavy (non-hydrogen) atoms. The third kappa shape index (κ3) is 3.31. The zero-order valence-electron chi connectivity index (χ0n) is 12.6. The molecule has 2 rings (SSSR count). The average molecular weight is 290 g/mol. The summed E-state index contributed by atoms with van der Waals surface area (Å²) in [7, 11) is 0. The minimum Gasteiger partial charge on any atom is -0.457 e. The fourth-order valence-electron chi connectivity index (χ4n) is 2.04. The molecule has 0 bridgehead atoms. The van der Waals surface area contributed by atoms with Crippen LogP contribution in [0.1, 0.15) is 37.5 Å². The molecule has 3 heteroatoms. The van der Waals surface area contributed by atoms with Gasteiger partial charge in [0.25, 0.3) is 0 Å². The van der Waals surface area contributed by atoms with Crippen molar-refractivity contribution in [3.05, 3.63) is 52.3 Å². The molecule has 2 nitrogen and oxygen atoms in total. The fraction of sp³-hybridized carbons (Fsp3) is 0.353. The molecule has 0 aliphatic carbocycles. The van der Waals surface area contributed by atoms with E-state index in [1.165, 1.54) is 11.1 Å². The maximum Gasteiger partial charge on any atom is 0.134 e. The summed E-state index contributed by atoms with van der Waals surface area (Å²) in [6, 6.07) is 8.06. The molecule has 0 atom stereocenters. The second-order valence-electron chi connectivity index (χ2n) is 6.12. The Bertz CT molecular complexity index is 629. The Kier molecular flexibility index (Phi) is 4.05. The molecule has 2 aromatic rings. The van der Waals surface area contributed by atoms with Gasteiger partial charge in [-0.05, 0) is 30.9 Å². The molecule has 0 unspecified atom stereocenters. The quantitative estimate of drug-likeness (QED) is 0.687. The lowest BCUT2D eigenvalue weighted by molar-refractivity contribution is 0.451. The molecular weight excluding hydrogens is 270 g/mol. The number of hydrogen-bond acceptors (Lipinski definition) is 2. The number of ether oxygens (including phenoxy) is 1. The highest BCUT2D eigenvalue weighted by Crippen LogP contribution is 2.36. The summed E-state index contributed by atoms with van der Waals surface area (Å²) in [5.74, 6) is 1.63. The van der Waals surface area contributed by atoms with Crippen LogP contribution in [0.2, 0.25) is 5.15 Å². The van der Waals surface area contributed by atoms with Gasteiger partial charge in [0.2, 0.25) is 0 Å². The van der Waals surface area contributed by atoms with Gasteiger partial charge in [-0.25, -0.2) is 4.98 Å². The molecule has 0 saturated heterocycles. The van der Waals surface area contributed by atoms with Gasteiger partial charge in [0.15, 0.2) is 0 Å². The molecule has 1 aromatic heterocycles. The molecule has 0 aliphatic heterocycles. The molecule has 0 spiro atoms. The second kappa shape index (κ2) is 5.45. The van der Waals surface area contributed by atoms with E-state index < -0.39 is 0 Å². The number of benzene rings is 1. The van der Waals surface area contributed by atoms with Crippen molar-refractivity contribution in [2.24, 2.45) is 0 Å². The van der Waals surface area contributed by atoms with Gasteiger partial charge in [-0.3, -0.25) is 0 Å². The monoisotopic (exact) mass is 289 g/mol. The Morgan fingerprint density at radius 3 is 2.40 bits per heavy atom. The van der Waals surface area contributed by atoms with E-state index in [2.05, 4.69) is 50.9 Å². The van der Waals surface area contributed by atoms with Crippen molar-refractivity contribution in [1.82, 2.24) is 4.98 Å². The lowest BCUT2D eigenvalue weighted by Gasteiger charge is -2.23. The Hall–Kier alpha value is -1.54. The molecule has 106 valence electrons. The highest BCUT2D eigenvalue weighted by atomic mass is 35.5. The number of aromatic nitrogens is 1. The average Bonchev–Trinajstić information content (AvgIpc) is 2.32. The van der Waals surface area contributed by atoms with Crippen LogP contribution in [0.25, 0.3) is 0 Å². The van der Waals surface area contributed by atoms with E-state index in [9.17, 15) is 0 Å². The summed E-state index contributed by atoms with van der Waals surface area (Å²) in [5, 5.41) is 0.440. The molecule has 0 fully saturated rings. The second-order valence-corrected chi connectivity index (χ2v) is 6.51. The molecule has 0 saturated carbocycles. The molecule has 1 heterocycles. The van der Waals surface area contributed by atoms with Crippen molar-refractivity contribution < 1.29 is 4.74 Å². The first-order valence-corrected chi connectivity index (χ1v) is 7.06. The summed E-state index contributed by atoms with van der Waals surface area (Å²) in [4.78, 5) is 4.06. The summed E-state index contributed by atoms with van der Waals surface area (Å²) in [6.45, 7) is 10.6. The van der Waals surface area contributed by atoms with Crippen LogP contribution < -0.4 is 4.74 Å². The summed E-state index contributed by atoms with van der Waals surface area (Å²) in [5.41, 5.74) is 3.34. The van der Waals surface area contributed by atoms with Crippen molar-refractivity contribution in [3.63, 3.8) is 0 Å². The first-order chi connectivity index (χ1) is 9.27. The van der Waals surface area contributed by atoms with Crippen LogP contribution >= 0.6 is 11.6 Å². The van der Waals surface area contributed by atoms with Gasteiger partial charge in [-0.1, -0.05) is 44.5 Å². The minimum atomic E-state index is 0.0216. The fourth-order valence-corrected chi connectivity index (χ4v) is 2.19. The first kappa shape index (κ1) is 14.9. The van der Waals surface area contributed by atoms with Crippen LogP contribution in [0.5, 0.6) is 11.5 Å². The highest BCUT2D eigenvalue weighted by Gasteiger charge is 2.19. The predicted molar refractivity (Wildman–Crippen MR) is 83.9 cm³/mol. The van der Waals surface area contributed by atoms with E-state index in [4.69, 9.17) is 16.3 Å². The Morgan fingerprint density at radius 2 is 1.75 bits per heavy atom. The summed E-state index contributed by atoms with van der Waals surface area (Å²) in [6.07, 6.45) is 1.73. The maximum absolute atomic E-state index is 6.10. The topological polar surface area (TPSA) is 22.1 Å². The largest absolute Gasteiger partial charge is 0.457 e. The van der Waals surface area contributed by atoms with Crippen LogP contribution in [0.4, 0.5) is 0 Å². The van der Waals surface area contributed by atoms with E-state index >= 15 is 0 Å². The van der Waals surface area contributed by atoms with Gasteiger partial charge < -0.3 is 4.74 Å².